The lowest BCUT2D eigenvalue weighted by atomic mass is 10.1. The van der Waals surface area contributed by atoms with Crippen molar-refractivity contribution in [1.29, 1.82) is 0 Å². The van der Waals surface area contributed by atoms with Gasteiger partial charge in [0.05, 0.1) is 11.9 Å². The molecule has 0 spiro atoms. The van der Waals surface area contributed by atoms with Crippen molar-refractivity contribution in [2.45, 2.75) is 37.9 Å². The maximum Gasteiger partial charge on any atom is 0.253 e. The summed E-state index contributed by atoms with van der Waals surface area (Å²) in [6.07, 6.45) is 6.15. The Labute approximate surface area is 191 Å². The van der Waals surface area contributed by atoms with Crippen molar-refractivity contribution < 1.29 is 4.39 Å². The molecule has 6 rings (SSSR count). The summed E-state index contributed by atoms with van der Waals surface area (Å²) in [4.78, 5) is 19.4. The van der Waals surface area contributed by atoms with Crippen LogP contribution >= 0.6 is 0 Å². The second kappa shape index (κ2) is 9.54. The van der Waals surface area contributed by atoms with Crippen LogP contribution in [0, 0.1) is 0 Å². The van der Waals surface area contributed by atoms with Crippen LogP contribution in [0.2, 0.25) is 0 Å². The molecule has 0 unspecified atom stereocenters. The Hall–Kier alpha value is -3.52. The third-order valence-electron chi connectivity index (χ3n) is 5.94. The summed E-state index contributed by atoms with van der Waals surface area (Å²) in [6, 6.07) is 15.7. The van der Waals surface area contributed by atoms with Gasteiger partial charge < -0.3 is 15.6 Å². The minimum Gasteiger partial charge on any atom is -0.366 e. The van der Waals surface area contributed by atoms with Crippen LogP contribution in [0.3, 0.4) is 0 Å². The molecule has 1 saturated carbocycles. The highest BCUT2D eigenvalue weighted by Crippen LogP contribution is 2.41. The first-order valence-electron chi connectivity index (χ1n) is 11.4. The third-order valence-corrected chi connectivity index (χ3v) is 5.94. The molecule has 1 atom stereocenters. The van der Waals surface area contributed by atoms with Gasteiger partial charge in [-0.2, -0.15) is 5.10 Å². The lowest BCUT2D eigenvalue weighted by Crippen LogP contribution is -2.13. The van der Waals surface area contributed by atoms with Gasteiger partial charge in [-0.05, 0) is 49.4 Å². The van der Waals surface area contributed by atoms with Gasteiger partial charge in [0.25, 0.3) is 5.56 Å². The zero-order valence-electron chi connectivity index (χ0n) is 18.3. The Kier molecular flexibility index (Phi) is 6.17. The summed E-state index contributed by atoms with van der Waals surface area (Å²) in [5.74, 6) is 1.24. The van der Waals surface area contributed by atoms with Crippen molar-refractivity contribution >= 4 is 11.5 Å². The van der Waals surface area contributed by atoms with E-state index in [1.165, 1.54) is 12.8 Å². The molecular formula is C25H27FN6O. The predicted molar refractivity (Wildman–Crippen MR) is 127 cm³/mol. The Morgan fingerprint density at radius 3 is 2.61 bits per heavy atom. The van der Waals surface area contributed by atoms with Crippen molar-refractivity contribution in [1.82, 2.24) is 24.9 Å². The molecule has 33 heavy (non-hydrogen) atoms. The fourth-order valence-corrected chi connectivity index (χ4v) is 3.96. The second-order valence-corrected chi connectivity index (χ2v) is 8.51. The molecule has 0 bridgehead atoms. The smallest absolute Gasteiger partial charge is 0.253 e. The first-order valence-corrected chi connectivity index (χ1v) is 11.4. The van der Waals surface area contributed by atoms with E-state index in [1.54, 1.807) is 16.8 Å². The van der Waals surface area contributed by atoms with E-state index < -0.39 is 6.17 Å². The maximum absolute atomic E-state index is 12.1. The van der Waals surface area contributed by atoms with E-state index in [4.69, 9.17) is 0 Å². The summed E-state index contributed by atoms with van der Waals surface area (Å²) < 4.78 is 13.7. The molecule has 1 aliphatic heterocycles. The number of nitrogens with zero attached hydrogens (tertiary/aromatic N) is 3. The number of H-pyrrole nitrogens is 1. The number of rotatable bonds is 5. The van der Waals surface area contributed by atoms with Crippen molar-refractivity contribution in [2.24, 2.45) is 0 Å². The molecule has 1 saturated heterocycles. The van der Waals surface area contributed by atoms with Crippen molar-refractivity contribution in [2.75, 3.05) is 18.4 Å². The summed E-state index contributed by atoms with van der Waals surface area (Å²) >= 11 is 0. The van der Waals surface area contributed by atoms with Gasteiger partial charge in [0.15, 0.2) is 0 Å². The molecule has 3 N–H and O–H groups in total. The molecule has 2 fully saturated rings. The second-order valence-electron chi connectivity index (χ2n) is 8.51. The van der Waals surface area contributed by atoms with Crippen LogP contribution in [0.4, 0.5) is 10.2 Å². The number of halogens is 1. The number of nitrogens with one attached hydrogen (secondary N) is 3. The van der Waals surface area contributed by atoms with Crippen LogP contribution < -0.4 is 16.2 Å². The quantitative estimate of drug-likeness (QED) is 0.433. The van der Waals surface area contributed by atoms with E-state index in [-0.39, 0.29) is 5.56 Å². The Bertz CT molecular complexity index is 1260. The predicted octanol–water partition coefficient (Wildman–Crippen LogP) is 3.89. The van der Waals surface area contributed by atoms with E-state index in [9.17, 15) is 9.18 Å². The highest BCUT2D eigenvalue weighted by molar-refractivity contribution is 5.59. The molecule has 0 radical (unpaired) electrons. The van der Waals surface area contributed by atoms with Gasteiger partial charge in [0.2, 0.25) is 0 Å². The van der Waals surface area contributed by atoms with E-state index in [0.717, 1.165) is 34.6 Å². The normalized spacial score (nSPS) is 17.5. The van der Waals surface area contributed by atoms with Crippen LogP contribution in [0.15, 0.2) is 65.7 Å². The van der Waals surface area contributed by atoms with E-state index >= 15 is 0 Å². The van der Waals surface area contributed by atoms with Crippen LogP contribution in [0.5, 0.6) is 0 Å². The summed E-state index contributed by atoms with van der Waals surface area (Å²) in [7, 11) is 0. The molecule has 8 heteroatoms. The standard InChI is InChI=1S/C21H19N5O.C4H8FN/c27-20-11-19(26-21(25-20)17(13-24-26)15-8-9-15)23-12-14-4-6-16(7-5-14)18-3-1-2-10-22-18;5-4-1-2-6-3-4/h1-7,10-11,13,15,23H,8-9,12H2,(H,25,27);4,6H,1-3H2/t;4-/m.0/s1. The minimum atomic E-state index is -0.565. The average Bonchev–Trinajstić information content (AvgIpc) is 3.42. The number of fused-ring (bicyclic) bond motifs is 1. The van der Waals surface area contributed by atoms with Gasteiger partial charge in [-0.15, -0.1) is 0 Å². The average molecular weight is 447 g/mol. The zero-order chi connectivity index (χ0) is 22.6. The Morgan fingerprint density at radius 1 is 1.12 bits per heavy atom. The Balaban J connectivity index is 0.000000332. The van der Waals surface area contributed by atoms with Crippen LogP contribution in [-0.2, 0) is 6.54 Å². The number of anilines is 1. The zero-order valence-corrected chi connectivity index (χ0v) is 18.3. The van der Waals surface area contributed by atoms with E-state index in [2.05, 4.69) is 50.0 Å². The molecule has 1 aliphatic carbocycles. The highest BCUT2D eigenvalue weighted by Gasteiger charge is 2.27. The molecule has 7 nitrogen and oxygen atoms in total. The maximum atomic E-state index is 12.1. The molecule has 1 aromatic carbocycles. The fourth-order valence-electron chi connectivity index (χ4n) is 3.96. The van der Waals surface area contributed by atoms with Gasteiger partial charge >= 0.3 is 0 Å². The first-order chi connectivity index (χ1) is 16.2. The summed E-state index contributed by atoms with van der Waals surface area (Å²) in [5.41, 5.74) is 4.99. The van der Waals surface area contributed by atoms with Gasteiger partial charge in [0, 0.05) is 36.5 Å². The number of hydrogen-bond donors (Lipinski definition) is 3. The van der Waals surface area contributed by atoms with Crippen LogP contribution in [0.25, 0.3) is 16.9 Å². The molecule has 4 aromatic rings. The highest BCUT2D eigenvalue weighted by atomic mass is 19.1. The minimum absolute atomic E-state index is 0.113. The molecule has 3 aromatic heterocycles. The third kappa shape index (κ3) is 5.12. The molecule has 0 amide bonds. The SMILES string of the molecule is F[C@H]1CCNC1.O=c1cc(NCc2ccc(-c3ccccn3)cc2)n2ncc(C3CC3)c2[nH]1. The first kappa shape index (κ1) is 21.3. The van der Waals surface area contributed by atoms with Crippen molar-refractivity contribution in [3.05, 3.63) is 82.4 Å². The largest absolute Gasteiger partial charge is 0.366 e. The van der Waals surface area contributed by atoms with Gasteiger partial charge in [-0.25, -0.2) is 8.91 Å². The summed E-state index contributed by atoms with van der Waals surface area (Å²) in [5, 5.41) is 10.7. The van der Waals surface area contributed by atoms with Gasteiger partial charge in [-0.1, -0.05) is 30.3 Å². The van der Waals surface area contributed by atoms with E-state index in [0.29, 0.717) is 31.2 Å². The lowest BCUT2D eigenvalue weighted by molar-refractivity contribution is 0.361. The Morgan fingerprint density at radius 2 is 1.97 bits per heavy atom. The number of pyridine rings is 1. The monoisotopic (exact) mass is 446 g/mol. The molecular weight excluding hydrogens is 419 g/mol. The van der Waals surface area contributed by atoms with Crippen molar-refractivity contribution in [3.8, 4) is 11.3 Å². The molecule has 4 heterocycles. The van der Waals surface area contributed by atoms with Crippen LogP contribution in [0.1, 0.15) is 36.3 Å². The number of benzene rings is 1. The number of alkyl halides is 1. The topological polar surface area (TPSA) is 87.1 Å². The van der Waals surface area contributed by atoms with Gasteiger partial charge in [0.1, 0.15) is 17.6 Å². The van der Waals surface area contributed by atoms with Crippen LogP contribution in [-0.4, -0.2) is 38.8 Å². The van der Waals surface area contributed by atoms with Gasteiger partial charge in [-0.3, -0.25) is 9.78 Å². The molecule has 170 valence electrons. The van der Waals surface area contributed by atoms with Crippen molar-refractivity contribution in [3.63, 3.8) is 0 Å². The van der Waals surface area contributed by atoms with E-state index in [1.807, 2.05) is 24.4 Å². The fraction of sp³-hybridized carbons (Fsp3) is 0.320. The number of hydrogen-bond acceptors (Lipinski definition) is 5. The molecule has 2 aliphatic rings. The lowest BCUT2D eigenvalue weighted by Gasteiger charge is -2.09. The number of aromatic nitrogens is 4. The number of aromatic amines is 1. The summed E-state index contributed by atoms with van der Waals surface area (Å²) in [6.45, 7) is 2.04.